The van der Waals surface area contributed by atoms with Crippen molar-refractivity contribution in [1.82, 2.24) is 0 Å². The number of rotatable bonds is 4. The molecule has 38 heavy (non-hydrogen) atoms. The van der Waals surface area contributed by atoms with Crippen molar-refractivity contribution in [3.63, 3.8) is 0 Å². The molecular formula is C21H12F8IN7O. The Morgan fingerprint density at radius 2 is 0.947 bits per heavy atom. The van der Waals surface area contributed by atoms with E-state index in [0.717, 1.165) is 0 Å². The van der Waals surface area contributed by atoms with Gasteiger partial charge in [-0.15, -0.1) is 0 Å². The standard InChI is InChI=1S/C21H12F8N7O.HI/c1-36(2)5-7(3-9-11(22)15(26)19(32-34-30)16(27)12(9)23)21(37)8(6-36)4-10-13(24)17(28)20(33-35-31)18(29)14(10)25;/h3-4H,5-6H2,1-2H3;1H/q+1;/p-1. The number of hydrogen-bond acceptors (Lipinski definition) is 3. The van der Waals surface area contributed by atoms with E-state index in [1.54, 1.807) is 0 Å². The van der Waals surface area contributed by atoms with Crippen LogP contribution < -0.4 is 24.0 Å². The molecular weight excluding hydrogens is 645 g/mol. The van der Waals surface area contributed by atoms with Crippen LogP contribution in [0.4, 0.5) is 46.5 Å². The minimum Gasteiger partial charge on any atom is -1.00 e. The lowest BCUT2D eigenvalue weighted by molar-refractivity contribution is -0.881. The Labute approximate surface area is 224 Å². The minimum atomic E-state index is -2.04. The van der Waals surface area contributed by atoms with Gasteiger partial charge in [-0.1, -0.05) is 10.2 Å². The molecule has 0 aliphatic carbocycles. The number of azide groups is 2. The summed E-state index contributed by atoms with van der Waals surface area (Å²) >= 11 is 0. The first-order chi connectivity index (χ1) is 17.3. The van der Waals surface area contributed by atoms with Gasteiger partial charge in [0.25, 0.3) is 0 Å². The van der Waals surface area contributed by atoms with Crippen LogP contribution in [0.5, 0.6) is 0 Å². The van der Waals surface area contributed by atoms with Crippen molar-refractivity contribution in [2.24, 2.45) is 10.2 Å². The molecule has 0 aromatic heterocycles. The van der Waals surface area contributed by atoms with Gasteiger partial charge in [0.1, 0.15) is 24.5 Å². The lowest BCUT2D eigenvalue weighted by Gasteiger charge is -2.35. The van der Waals surface area contributed by atoms with Crippen molar-refractivity contribution in [2.45, 2.75) is 0 Å². The van der Waals surface area contributed by atoms with E-state index < -0.39 is 86.0 Å². The van der Waals surface area contributed by atoms with Crippen LogP contribution in [0.2, 0.25) is 0 Å². The van der Waals surface area contributed by atoms with Crippen molar-refractivity contribution in [1.29, 1.82) is 0 Å². The van der Waals surface area contributed by atoms with E-state index in [0.29, 0.717) is 12.2 Å². The van der Waals surface area contributed by atoms with E-state index in [9.17, 15) is 39.9 Å². The van der Waals surface area contributed by atoms with Crippen LogP contribution in [0.25, 0.3) is 33.0 Å². The number of benzene rings is 2. The van der Waals surface area contributed by atoms with Gasteiger partial charge >= 0.3 is 0 Å². The van der Waals surface area contributed by atoms with Gasteiger partial charge in [-0.3, -0.25) is 4.79 Å². The van der Waals surface area contributed by atoms with Crippen LogP contribution in [-0.4, -0.2) is 37.5 Å². The molecule has 0 unspecified atom stereocenters. The zero-order valence-electron chi connectivity index (χ0n) is 19.0. The van der Waals surface area contributed by atoms with Gasteiger partial charge < -0.3 is 28.5 Å². The molecule has 0 saturated carbocycles. The fourth-order valence-electron chi connectivity index (χ4n) is 3.69. The maximum atomic E-state index is 14.5. The topological polar surface area (TPSA) is 115 Å². The maximum absolute atomic E-state index is 14.5. The lowest BCUT2D eigenvalue weighted by Crippen LogP contribution is -3.00. The average molecular weight is 657 g/mol. The van der Waals surface area contributed by atoms with Crippen LogP contribution >= 0.6 is 0 Å². The number of piperidine rings is 1. The fourth-order valence-corrected chi connectivity index (χ4v) is 3.69. The normalized spacial score (nSPS) is 16.6. The highest BCUT2D eigenvalue weighted by atomic mass is 127. The molecule has 0 amide bonds. The summed E-state index contributed by atoms with van der Waals surface area (Å²) in [6.07, 6.45) is 0.926. The van der Waals surface area contributed by atoms with Gasteiger partial charge in [-0.05, 0) is 23.2 Å². The Morgan fingerprint density at radius 3 is 1.21 bits per heavy atom. The van der Waals surface area contributed by atoms with Crippen molar-refractivity contribution in [3.05, 3.63) is 89.7 Å². The van der Waals surface area contributed by atoms with Gasteiger partial charge in [-0.2, -0.15) is 0 Å². The molecule has 0 spiro atoms. The predicted molar refractivity (Wildman–Crippen MR) is 113 cm³/mol. The Kier molecular flexibility index (Phi) is 9.16. The molecule has 0 N–H and O–H groups in total. The molecule has 0 radical (unpaired) electrons. The molecule has 1 aliphatic rings. The van der Waals surface area contributed by atoms with E-state index in [-0.39, 0.29) is 41.5 Å². The van der Waals surface area contributed by atoms with Gasteiger partial charge in [-0.25, -0.2) is 35.1 Å². The highest BCUT2D eigenvalue weighted by Gasteiger charge is 2.35. The number of likely N-dealkylation sites (tertiary alicyclic amines) is 1. The molecule has 2 aromatic rings. The van der Waals surface area contributed by atoms with E-state index in [4.69, 9.17) is 11.1 Å². The first-order valence-electron chi connectivity index (χ1n) is 9.85. The number of halogens is 9. The van der Waals surface area contributed by atoms with Crippen molar-refractivity contribution < 1.29 is 68.4 Å². The first-order valence-corrected chi connectivity index (χ1v) is 9.85. The maximum Gasteiger partial charge on any atom is 0.196 e. The van der Waals surface area contributed by atoms with Crippen LogP contribution in [0.1, 0.15) is 11.1 Å². The number of ketones is 1. The number of Topliss-reactive ketones (excluding diaryl/α,β-unsaturated/α-hetero) is 1. The largest absolute Gasteiger partial charge is 1.00 e. The molecule has 0 atom stereocenters. The summed E-state index contributed by atoms with van der Waals surface area (Å²) in [7, 11) is 2.93. The fraction of sp³-hybridized carbons (Fsp3) is 0.190. The average Bonchev–Trinajstić information content (AvgIpc) is 2.84. The number of nitrogens with zero attached hydrogens (tertiary/aromatic N) is 7. The SMILES string of the molecule is C[N+]1(C)CC(=Cc2c(F)c(F)c(N=[N+]=[N-])c(F)c2F)C(=O)C(=Cc2c(F)c(F)c(N=[N+]=[N-])c(F)c2F)C1.[I-]. The number of hydrogen-bond donors (Lipinski definition) is 0. The van der Waals surface area contributed by atoms with E-state index >= 15 is 0 Å². The van der Waals surface area contributed by atoms with Gasteiger partial charge in [0.15, 0.2) is 52.3 Å². The molecule has 1 fully saturated rings. The molecule has 17 heteroatoms. The molecule has 1 saturated heterocycles. The van der Waals surface area contributed by atoms with Gasteiger partial charge in [0, 0.05) is 9.82 Å². The molecule has 0 bridgehead atoms. The van der Waals surface area contributed by atoms with Gasteiger partial charge in [0.2, 0.25) is 0 Å². The summed E-state index contributed by atoms with van der Waals surface area (Å²) in [5.74, 6) is -17.2. The van der Waals surface area contributed by atoms with E-state index in [1.807, 2.05) is 0 Å². The Balaban J connectivity index is 0.00000507. The number of carbonyl (C=O) groups excluding carboxylic acids is 1. The summed E-state index contributed by atoms with van der Waals surface area (Å²) in [6, 6.07) is 0. The highest BCUT2D eigenvalue weighted by molar-refractivity contribution is 6.14. The lowest BCUT2D eigenvalue weighted by atomic mass is 9.92. The third-order valence-corrected chi connectivity index (χ3v) is 5.25. The minimum absolute atomic E-state index is 0. The smallest absolute Gasteiger partial charge is 0.196 e. The molecule has 200 valence electrons. The summed E-state index contributed by atoms with van der Waals surface area (Å²) in [4.78, 5) is 17.1. The van der Waals surface area contributed by atoms with Crippen LogP contribution in [0.3, 0.4) is 0 Å². The van der Waals surface area contributed by atoms with Crippen LogP contribution in [-0.2, 0) is 4.79 Å². The quantitative estimate of drug-likeness (QED) is 0.0715. The molecule has 8 nitrogen and oxygen atoms in total. The highest BCUT2D eigenvalue weighted by Crippen LogP contribution is 2.35. The van der Waals surface area contributed by atoms with E-state index in [1.165, 1.54) is 14.1 Å². The second kappa shape index (κ2) is 11.4. The third kappa shape index (κ3) is 5.45. The Bertz CT molecular complexity index is 1360. The molecule has 3 rings (SSSR count). The van der Waals surface area contributed by atoms with Crippen LogP contribution in [0, 0.1) is 46.5 Å². The molecule has 2 aromatic carbocycles. The third-order valence-electron chi connectivity index (χ3n) is 5.25. The summed E-state index contributed by atoms with van der Waals surface area (Å²) in [5, 5.41) is 5.11. The zero-order valence-corrected chi connectivity index (χ0v) is 21.2. The van der Waals surface area contributed by atoms with Gasteiger partial charge in [0.05, 0.1) is 36.4 Å². The Hall–Kier alpha value is -3.66. The first kappa shape index (κ1) is 30.6. The second-order valence-corrected chi connectivity index (χ2v) is 8.34. The van der Waals surface area contributed by atoms with Crippen molar-refractivity contribution in [2.75, 3.05) is 27.2 Å². The number of likely N-dealkylation sites (N-methyl/N-ethyl adjacent to an activating group) is 1. The second-order valence-electron chi connectivity index (χ2n) is 8.34. The van der Waals surface area contributed by atoms with Crippen molar-refractivity contribution >= 4 is 29.3 Å². The molecule has 1 heterocycles. The summed E-state index contributed by atoms with van der Waals surface area (Å²) < 4.78 is 114. The predicted octanol–water partition coefficient (Wildman–Crippen LogP) is 3.81. The number of quaternary nitrogens is 1. The monoisotopic (exact) mass is 657 g/mol. The van der Waals surface area contributed by atoms with Crippen LogP contribution in [0.15, 0.2) is 21.4 Å². The summed E-state index contributed by atoms with van der Waals surface area (Å²) in [5.41, 5.74) is 9.86. The summed E-state index contributed by atoms with van der Waals surface area (Å²) in [6.45, 7) is -0.584. The number of carbonyl (C=O) groups is 1. The van der Waals surface area contributed by atoms with Crippen molar-refractivity contribution in [3.8, 4) is 0 Å². The Morgan fingerprint density at radius 1 is 0.658 bits per heavy atom. The molecule has 1 aliphatic heterocycles. The van der Waals surface area contributed by atoms with E-state index in [2.05, 4.69) is 20.1 Å². The zero-order chi connectivity index (χ0) is 27.8.